The second kappa shape index (κ2) is 10.9. The van der Waals surface area contributed by atoms with Gasteiger partial charge in [-0.15, -0.1) is 4.83 Å². The van der Waals surface area contributed by atoms with E-state index < -0.39 is 32.6 Å². The van der Waals surface area contributed by atoms with Gasteiger partial charge in [-0.3, -0.25) is 10.2 Å². The predicted octanol–water partition coefficient (Wildman–Crippen LogP) is 2.67. The van der Waals surface area contributed by atoms with Crippen LogP contribution in [-0.4, -0.2) is 41.1 Å². The van der Waals surface area contributed by atoms with E-state index in [1.54, 1.807) is 4.83 Å². The van der Waals surface area contributed by atoms with Gasteiger partial charge in [-0.2, -0.15) is 0 Å². The molecule has 0 aliphatic carbocycles. The Morgan fingerprint density at radius 2 is 1.72 bits per heavy atom. The Hall–Kier alpha value is -3.18. The van der Waals surface area contributed by atoms with E-state index in [9.17, 15) is 22.4 Å². The van der Waals surface area contributed by atoms with E-state index in [2.05, 4.69) is 18.6 Å². The van der Waals surface area contributed by atoms with Crippen LogP contribution in [0.5, 0.6) is 11.5 Å². The molecule has 0 saturated carbocycles. The van der Waals surface area contributed by atoms with Crippen LogP contribution in [0, 0.1) is 11.7 Å². The molecule has 0 radical (unpaired) electrons. The molecule has 0 heterocycles. The fourth-order valence-electron chi connectivity index (χ4n) is 2.53. The molecule has 0 fully saturated rings. The summed E-state index contributed by atoms with van der Waals surface area (Å²) in [5.74, 6) is -1.58. The zero-order valence-corrected chi connectivity index (χ0v) is 18.9. The van der Waals surface area contributed by atoms with Crippen LogP contribution >= 0.6 is 0 Å². The van der Waals surface area contributed by atoms with Gasteiger partial charge in [0.25, 0.3) is 15.9 Å². The van der Waals surface area contributed by atoms with Crippen molar-refractivity contribution < 1.29 is 36.6 Å². The van der Waals surface area contributed by atoms with Gasteiger partial charge in [0.1, 0.15) is 10.7 Å². The fourth-order valence-corrected chi connectivity index (χ4v) is 3.47. The molecule has 2 rings (SSSR count). The number of amides is 1. The molecule has 9 nitrogen and oxygen atoms in total. The fraction of sp³-hybridized carbons (Fsp3) is 0.333. The lowest BCUT2D eigenvalue weighted by Crippen LogP contribution is -2.41. The summed E-state index contributed by atoms with van der Waals surface area (Å²) in [5.41, 5.74) is 1.91. The van der Waals surface area contributed by atoms with Crippen LogP contribution in [0.2, 0.25) is 0 Å². The van der Waals surface area contributed by atoms with Gasteiger partial charge < -0.3 is 14.2 Å². The van der Waals surface area contributed by atoms with Crippen LogP contribution in [-0.2, 0) is 14.8 Å². The quantitative estimate of drug-likeness (QED) is 0.406. The number of hydrogen-bond donors (Lipinski definition) is 2. The highest BCUT2D eigenvalue weighted by atomic mass is 32.2. The van der Waals surface area contributed by atoms with Crippen molar-refractivity contribution in [2.75, 3.05) is 20.8 Å². The van der Waals surface area contributed by atoms with Gasteiger partial charge in [0, 0.05) is 5.56 Å². The highest BCUT2D eigenvalue weighted by Crippen LogP contribution is 2.28. The predicted molar refractivity (Wildman–Crippen MR) is 113 cm³/mol. The minimum absolute atomic E-state index is 0.0737. The Balaban J connectivity index is 2.14. The SMILES string of the molecule is COC(=O)c1ccc(F)c(S(=O)(=O)NNC(=O)c2ccc(OCCC(C)C)c(OC)c2)c1. The number of esters is 1. The minimum Gasteiger partial charge on any atom is -0.493 e. The van der Waals surface area contributed by atoms with E-state index in [1.807, 2.05) is 5.43 Å². The molecule has 1 amide bonds. The Bertz CT molecular complexity index is 1090. The maximum absolute atomic E-state index is 14.1. The summed E-state index contributed by atoms with van der Waals surface area (Å²) in [6.45, 7) is 4.59. The molecule has 174 valence electrons. The lowest BCUT2D eigenvalue weighted by Gasteiger charge is -2.14. The molecule has 0 aliphatic heterocycles. The summed E-state index contributed by atoms with van der Waals surface area (Å²) in [6.07, 6.45) is 0.834. The number of sulfonamides is 1. The third kappa shape index (κ3) is 6.41. The topological polar surface area (TPSA) is 120 Å². The first kappa shape index (κ1) is 25.1. The van der Waals surface area contributed by atoms with Crippen LogP contribution < -0.4 is 19.7 Å². The Kier molecular flexibility index (Phi) is 8.56. The number of hydrazine groups is 1. The molecule has 0 aromatic heterocycles. The number of benzene rings is 2. The first-order valence-corrected chi connectivity index (χ1v) is 11.1. The maximum Gasteiger partial charge on any atom is 0.337 e. The van der Waals surface area contributed by atoms with E-state index >= 15 is 0 Å². The van der Waals surface area contributed by atoms with E-state index in [0.29, 0.717) is 24.0 Å². The highest BCUT2D eigenvalue weighted by Gasteiger charge is 2.23. The lowest BCUT2D eigenvalue weighted by atomic mass is 10.1. The van der Waals surface area contributed by atoms with Crippen molar-refractivity contribution in [2.24, 2.45) is 5.92 Å². The number of carbonyl (C=O) groups is 2. The Labute approximate surface area is 185 Å². The molecule has 0 atom stereocenters. The van der Waals surface area contributed by atoms with Gasteiger partial charge in [-0.05, 0) is 48.7 Å². The van der Waals surface area contributed by atoms with Gasteiger partial charge in [-0.25, -0.2) is 17.6 Å². The molecule has 0 spiro atoms. The standard InChI is InChI=1S/C21H25FN2O7S/c1-13(2)9-10-31-17-8-6-14(11-18(17)29-3)20(25)23-24-32(27,28)19-12-15(21(26)30-4)5-7-16(19)22/h5-8,11-13,24H,9-10H2,1-4H3,(H,23,25). The van der Waals surface area contributed by atoms with Gasteiger partial charge >= 0.3 is 5.97 Å². The van der Waals surface area contributed by atoms with Crippen LogP contribution in [0.25, 0.3) is 0 Å². The third-order valence-electron chi connectivity index (χ3n) is 4.32. The molecule has 2 aromatic rings. The molecular weight excluding hydrogens is 443 g/mol. The number of nitrogens with one attached hydrogen (secondary N) is 2. The second-order valence-electron chi connectivity index (χ2n) is 7.09. The van der Waals surface area contributed by atoms with E-state index in [1.165, 1.54) is 25.3 Å². The van der Waals surface area contributed by atoms with Crippen molar-refractivity contribution in [3.05, 3.63) is 53.3 Å². The summed E-state index contributed by atoms with van der Waals surface area (Å²) in [4.78, 5) is 25.0. The molecule has 0 unspecified atom stereocenters. The molecule has 0 saturated heterocycles. The molecular formula is C21H25FN2O7S. The van der Waals surface area contributed by atoms with Crippen molar-refractivity contribution >= 4 is 21.9 Å². The molecule has 0 aliphatic rings. The largest absolute Gasteiger partial charge is 0.493 e. The first-order valence-electron chi connectivity index (χ1n) is 9.60. The Morgan fingerprint density at radius 3 is 2.34 bits per heavy atom. The van der Waals surface area contributed by atoms with Crippen molar-refractivity contribution in [3.8, 4) is 11.5 Å². The van der Waals surface area contributed by atoms with Gasteiger partial charge in [0.2, 0.25) is 0 Å². The molecule has 0 bridgehead atoms. The summed E-state index contributed by atoms with van der Waals surface area (Å²) >= 11 is 0. The first-order chi connectivity index (χ1) is 15.1. The van der Waals surface area contributed by atoms with Crippen molar-refractivity contribution in [1.29, 1.82) is 0 Å². The maximum atomic E-state index is 14.1. The van der Waals surface area contributed by atoms with Crippen molar-refractivity contribution in [1.82, 2.24) is 10.3 Å². The van der Waals surface area contributed by atoms with E-state index in [0.717, 1.165) is 31.7 Å². The summed E-state index contributed by atoms with van der Waals surface area (Å²) < 4.78 is 54.3. The zero-order valence-electron chi connectivity index (χ0n) is 18.1. The minimum atomic E-state index is -4.52. The average molecular weight is 469 g/mol. The third-order valence-corrected chi connectivity index (χ3v) is 5.58. The number of rotatable bonds is 10. The number of carbonyl (C=O) groups excluding carboxylic acids is 2. The lowest BCUT2D eigenvalue weighted by molar-refractivity contribution is 0.0600. The molecule has 2 aromatic carbocycles. The Morgan fingerprint density at radius 1 is 1.03 bits per heavy atom. The number of hydrogen-bond acceptors (Lipinski definition) is 7. The van der Waals surface area contributed by atoms with Crippen molar-refractivity contribution in [2.45, 2.75) is 25.2 Å². The van der Waals surface area contributed by atoms with Crippen LogP contribution in [0.15, 0.2) is 41.3 Å². The average Bonchev–Trinajstić information content (AvgIpc) is 2.77. The van der Waals surface area contributed by atoms with Crippen LogP contribution in [0.4, 0.5) is 4.39 Å². The number of methoxy groups -OCH3 is 2. The zero-order chi connectivity index (χ0) is 23.9. The number of halogens is 1. The van der Waals surface area contributed by atoms with Gasteiger partial charge in [0.15, 0.2) is 11.5 Å². The molecule has 32 heavy (non-hydrogen) atoms. The van der Waals surface area contributed by atoms with Crippen LogP contribution in [0.1, 0.15) is 41.0 Å². The smallest absolute Gasteiger partial charge is 0.337 e. The van der Waals surface area contributed by atoms with Gasteiger partial charge in [-0.1, -0.05) is 13.8 Å². The normalized spacial score (nSPS) is 11.2. The summed E-state index contributed by atoms with van der Waals surface area (Å²) in [7, 11) is -2.01. The number of ether oxygens (including phenoxy) is 3. The van der Waals surface area contributed by atoms with E-state index in [4.69, 9.17) is 9.47 Å². The highest BCUT2D eigenvalue weighted by molar-refractivity contribution is 7.89. The molecule has 11 heteroatoms. The van der Waals surface area contributed by atoms with Crippen LogP contribution in [0.3, 0.4) is 0 Å². The van der Waals surface area contributed by atoms with Gasteiger partial charge in [0.05, 0.1) is 26.4 Å². The second-order valence-corrected chi connectivity index (χ2v) is 8.74. The summed E-state index contributed by atoms with van der Waals surface area (Å²) in [5, 5.41) is 0. The van der Waals surface area contributed by atoms with Crippen molar-refractivity contribution in [3.63, 3.8) is 0 Å². The van der Waals surface area contributed by atoms with E-state index in [-0.39, 0.29) is 11.1 Å². The summed E-state index contributed by atoms with van der Waals surface area (Å²) in [6, 6.07) is 7.04. The molecule has 2 N–H and O–H groups in total. The monoisotopic (exact) mass is 468 g/mol.